The number of carbonyl (C=O) groups is 2. The Bertz CT molecular complexity index is 875. The van der Waals surface area contributed by atoms with E-state index in [4.69, 9.17) is 5.73 Å². The van der Waals surface area contributed by atoms with Gasteiger partial charge in [-0.25, -0.2) is 4.79 Å². The van der Waals surface area contributed by atoms with E-state index in [0.717, 1.165) is 11.3 Å². The number of thiophene rings is 1. The molecule has 0 aliphatic rings. The number of aromatic amines is 2. The number of primary amides is 1. The van der Waals surface area contributed by atoms with E-state index in [1.54, 1.807) is 6.92 Å². The van der Waals surface area contributed by atoms with E-state index < -0.39 is 11.9 Å². The monoisotopic (exact) mass is 322 g/mol. The van der Waals surface area contributed by atoms with Crippen LogP contribution in [0.1, 0.15) is 25.6 Å². The normalized spacial score (nSPS) is 11.5. The average molecular weight is 322 g/mol. The van der Waals surface area contributed by atoms with E-state index in [9.17, 15) is 14.4 Å². The van der Waals surface area contributed by atoms with Gasteiger partial charge >= 0.3 is 5.97 Å². The molecule has 0 spiro atoms. The molecule has 0 aromatic carbocycles. The van der Waals surface area contributed by atoms with Gasteiger partial charge in [0.2, 0.25) is 0 Å². The number of aromatic nitrogens is 2. The van der Waals surface area contributed by atoms with Gasteiger partial charge in [0.05, 0.1) is 23.2 Å². The van der Waals surface area contributed by atoms with Crippen LogP contribution in [0.25, 0.3) is 12.8 Å². The van der Waals surface area contributed by atoms with Crippen LogP contribution < -0.4 is 27.2 Å². The van der Waals surface area contributed by atoms with Gasteiger partial charge in [0, 0.05) is 6.20 Å². The number of hydrogen-bond donors (Lipinski definition) is 4. The summed E-state index contributed by atoms with van der Waals surface area (Å²) in [5.74, 6) is -1.24. The number of ether oxygens (including phenoxy) is 1. The maximum absolute atomic E-state index is 11.7. The summed E-state index contributed by atoms with van der Waals surface area (Å²) in [6, 6.07) is 0. The van der Waals surface area contributed by atoms with Crippen molar-refractivity contribution in [1.82, 2.24) is 10.2 Å². The number of H-pyrrole nitrogens is 2. The minimum absolute atomic E-state index is 0.180. The predicted molar refractivity (Wildman–Crippen MR) is 83.2 cm³/mol. The molecular weight excluding hydrogens is 308 g/mol. The Morgan fingerprint density at radius 1 is 1.41 bits per heavy atom. The zero-order valence-electron chi connectivity index (χ0n) is 11.9. The lowest BCUT2D eigenvalue weighted by atomic mass is 10.1. The quantitative estimate of drug-likeness (QED) is 0.549. The van der Waals surface area contributed by atoms with Crippen LogP contribution in [0.3, 0.4) is 0 Å². The molecule has 2 heterocycles. The average Bonchev–Trinajstić information content (AvgIpc) is 2.96. The summed E-state index contributed by atoms with van der Waals surface area (Å²) < 4.78 is 4.67. The Kier molecular flexibility index (Phi) is 4.18. The van der Waals surface area contributed by atoms with Crippen molar-refractivity contribution < 1.29 is 14.3 Å². The molecule has 0 aliphatic carbocycles. The number of hydrogen-bond acceptors (Lipinski definition) is 6. The fraction of sp³-hybridized carbons (Fsp3) is 0.154. The molecule has 0 aliphatic heterocycles. The van der Waals surface area contributed by atoms with Crippen LogP contribution in [0, 0.1) is 6.92 Å². The maximum atomic E-state index is 11.7. The summed E-state index contributed by atoms with van der Waals surface area (Å²) >= 11 is 1.02. The summed E-state index contributed by atoms with van der Waals surface area (Å²) in [5.41, 5.74) is 5.60. The van der Waals surface area contributed by atoms with Gasteiger partial charge in [-0.2, -0.15) is 0 Å². The molecule has 22 heavy (non-hydrogen) atoms. The van der Waals surface area contributed by atoms with E-state index in [0.29, 0.717) is 15.9 Å². The van der Waals surface area contributed by atoms with Gasteiger partial charge < -0.3 is 15.8 Å². The van der Waals surface area contributed by atoms with Crippen LogP contribution in [0.5, 0.6) is 0 Å². The smallest absolute Gasteiger partial charge is 0.348 e. The van der Waals surface area contributed by atoms with Crippen molar-refractivity contribution in [2.45, 2.75) is 6.92 Å². The molecule has 0 saturated heterocycles. The summed E-state index contributed by atoms with van der Waals surface area (Å²) in [6.07, 6.45) is 1.39. The SMILES string of the molecule is C=c1[nH][nH]c(=O)/c1=C\Nc1sc(C(=O)OC)c(C)c1C(N)=O. The molecule has 1 amide bonds. The number of nitrogens with one attached hydrogen (secondary N) is 3. The number of carbonyl (C=O) groups excluding carboxylic acids is 2. The summed E-state index contributed by atoms with van der Waals surface area (Å²) in [7, 11) is 1.25. The van der Waals surface area contributed by atoms with Gasteiger partial charge in [0.25, 0.3) is 11.5 Å². The molecule has 0 fully saturated rings. The van der Waals surface area contributed by atoms with Crippen LogP contribution in [0.15, 0.2) is 4.79 Å². The van der Waals surface area contributed by atoms with E-state index in [1.807, 2.05) is 0 Å². The third kappa shape index (κ3) is 2.66. The molecule has 2 rings (SSSR count). The lowest BCUT2D eigenvalue weighted by Gasteiger charge is -2.00. The highest BCUT2D eigenvalue weighted by atomic mass is 32.1. The highest BCUT2D eigenvalue weighted by molar-refractivity contribution is 7.18. The van der Waals surface area contributed by atoms with Crippen LogP contribution >= 0.6 is 11.3 Å². The van der Waals surface area contributed by atoms with Gasteiger partial charge in [0.1, 0.15) is 9.88 Å². The summed E-state index contributed by atoms with van der Waals surface area (Å²) in [4.78, 5) is 35.1. The lowest BCUT2D eigenvalue weighted by molar-refractivity contribution is 0.0605. The number of nitrogens with two attached hydrogens (primary N) is 1. The van der Waals surface area contributed by atoms with E-state index >= 15 is 0 Å². The number of anilines is 1. The Labute approximate surface area is 128 Å². The van der Waals surface area contributed by atoms with E-state index in [2.05, 4.69) is 26.8 Å². The fourth-order valence-electron chi connectivity index (χ4n) is 1.89. The van der Waals surface area contributed by atoms with Gasteiger partial charge in [-0.3, -0.25) is 19.8 Å². The number of methoxy groups -OCH3 is 1. The second kappa shape index (κ2) is 5.90. The lowest BCUT2D eigenvalue weighted by Crippen LogP contribution is -2.33. The predicted octanol–water partition coefficient (Wildman–Crippen LogP) is -0.781. The Hall–Kier alpha value is -2.81. The van der Waals surface area contributed by atoms with Crippen molar-refractivity contribution in [2.24, 2.45) is 5.73 Å². The summed E-state index contributed by atoms with van der Waals surface area (Å²) in [5, 5.41) is 8.79. The molecular formula is C13H14N4O4S. The van der Waals surface area contributed by atoms with Gasteiger partial charge in [0.15, 0.2) is 0 Å². The van der Waals surface area contributed by atoms with Gasteiger partial charge in [-0.15, -0.1) is 11.3 Å². The highest BCUT2D eigenvalue weighted by Crippen LogP contribution is 2.33. The topological polar surface area (TPSA) is 130 Å². The fourth-order valence-corrected chi connectivity index (χ4v) is 2.99. The zero-order chi connectivity index (χ0) is 16.4. The molecule has 2 aromatic rings. The molecule has 0 saturated carbocycles. The van der Waals surface area contributed by atoms with E-state index in [-0.39, 0.29) is 21.2 Å². The summed E-state index contributed by atoms with van der Waals surface area (Å²) in [6.45, 7) is 5.26. The van der Waals surface area contributed by atoms with Crippen molar-refractivity contribution in [3.05, 3.63) is 36.9 Å². The molecule has 0 unspecified atom stereocenters. The zero-order valence-corrected chi connectivity index (χ0v) is 12.7. The second-order valence-corrected chi connectivity index (χ2v) is 5.40. The maximum Gasteiger partial charge on any atom is 0.348 e. The van der Waals surface area contributed by atoms with Gasteiger partial charge in [-0.1, -0.05) is 6.58 Å². The molecule has 2 aromatic heterocycles. The minimum Gasteiger partial charge on any atom is -0.465 e. The first-order valence-corrected chi connectivity index (χ1v) is 6.92. The first kappa shape index (κ1) is 15.6. The minimum atomic E-state index is -0.683. The standard InChI is InChI=1S/C13H14N4O4S/c1-5-8(10(14)18)12(22-9(5)13(20)21-3)15-4-7-6(2)16-17-11(7)19/h4,15-16H,2H2,1,3H3,(H2,14,18)(H,17,19)/b7-4-. The van der Waals surface area contributed by atoms with E-state index in [1.165, 1.54) is 13.3 Å². The number of esters is 1. The third-order valence-electron chi connectivity index (χ3n) is 3.01. The molecule has 0 atom stereocenters. The van der Waals surface area contributed by atoms with Crippen molar-refractivity contribution in [3.63, 3.8) is 0 Å². The molecule has 0 bridgehead atoms. The molecule has 116 valence electrons. The van der Waals surface area contributed by atoms with Gasteiger partial charge in [-0.05, 0) is 12.5 Å². The van der Waals surface area contributed by atoms with Crippen molar-refractivity contribution in [1.29, 1.82) is 0 Å². The molecule has 0 radical (unpaired) electrons. The van der Waals surface area contributed by atoms with Crippen molar-refractivity contribution in [2.75, 3.05) is 12.4 Å². The Balaban J connectivity index is 2.54. The van der Waals surface area contributed by atoms with Crippen molar-refractivity contribution >= 4 is 41.0 Å². The third-order valence-corrected chi connectivity index (χ3v) is 4.21. The highest BCUT2D eigenvalue weighted by Gasteiger charge is 2.23. The van der Waals surface area contributed by atoms with Crippen LogP contribution in [0.4, 0.5) is 5.00 Å². The largest absolute Gasteiger partial charge is 0.465 e. The van der Waals surface area contributed by atoms with Crippen LogP contribution in [-0.4, -0.2) is 29.2 Å². The molecule has 8 nitrogen and oxygen atoms in total. The first-order valence-electron chi connectivity index (χ1n) is 6.10. The Morgan fingerprint density at radius 2 is 2.09 bits per heavy atom. The van der Waals surface area contributed by atoms with Crippen LogP contribution in [0.2, 0.25) is 0 Å². The van der Waals surface area contributed by atoms with Crippen LogP contribution in [-0.2, 0) is 4.74 Å². The molecule has 9 heteroatoms. The van der Waals surface area contributed by atoms with Crippen molar-refractivity contribution in [3.8, 4) is 0 Å². The number of rotatable bonds is 4. The molecule has 5 N–H and O–H groups in total. The second-order valence-electron chi connectivity index (χ2n) is 4.38. The Morgan fingerprint density at radius 3 is 2.59 bits per heavy atom. The first-order chi connectivity index (χ1) is 10.4. The number of amides is 1.